The van der Waals surface area contributed by atoms with Gasteiger partial charge in [-0.1, -0.05) is 58.0 Å². The molecule has 0 radical (unpaired) electrons. The van der Waals surface area contributed by atoms with Crippen LogP contribution in [0.2, 0.25) is 0 Å². The summed E-state index contributed by atoms with van der Waals surface area (Å²) in [4.78, 5) is 10.7. The predicted octanol–water partition coefficient (Wildman–Crippen LogP) is 6.97. The number of aryl methyl sites for hydroxylation is 2. The van der Waals surface area contributed by atoms with Crippen LogP contribution in [0.1, 0.15) is 101 Å². The highest BCUT2D eigenvalue weighted by atomic mass is 16.5. The number of hydrogen-bond donors (Lipinski definition) is 3. The van der Waals surface area contributed by atoms with Gasteiger partial charge in [0, 0.05) is 11.8 Å². The van der Waals surface area contributed by atoms with Crippen LogP contribution < -0.4 is 4.74 Å². The summed E-state index contributed by atoms with van der Waals surface area (Å²) in [6.45, 7) is 14.8. The van der Waals surface area contributed by atoms with Crippen molar-refractivity contribution in [3.63, 3.8) is 0 Å². The lowest BCUT2D eigenvalue weighted by molar-refractivity contribution is -0.137. The molecule has 0 fully saturated rings. The Hall–Kier alpha value is -2.63. The van der Waals surface area contributed by atoms with E-state index in [1.807, 2.05) is 32.9 Å². The molecule has 3 N–H and O–H groups in total. The average molecular weight is 511 g/mol. The summed E-state index contributed by atoms with van der Waals surface area (Å²) in [5.41, 5.74) is 5.99. The minimum atomic E-state index is -0.923. The van der Waals surface area contributed by atoms with E-state index < -0.39 is 17.7 Å². The normalized spacial score (nSPS) is 13.5. The number of hydrogen-bond acceptors (Lipinski definition) is 4. The van der Waals surface area contributed by atoms with Crippen molar-refractivity contribution in [3.8, 4) is 5.75 Å². The van der Waals surface area contributed by atoms with Crippen molar-refractivity contribution in [2.45, 2.75) is 104 Å². The van der Waals surface area contributed by atoms with Gasteiger partial charge in [-0.05, 0) is 98.4 Å². The first-order valence-corrected chi connectivity index (χ1v) is 13.6. The molecular weight excluding hydrogens is 464 g/mol. The molecule has 0 spiro atoms. The second-order valence-corrected chi connectivity index (χ2v) is 10.3. The maximum absolute atomic E-state index is 10.8. The van der Waals surface area contributed by atoms with Crippen LogP contribution >= 0.6 is 0 Å². The van der Waals surface area contributed by atoms with Gasteiger partial charge in [0.2, 0.25) is 0 Å². The molecule has 0 unspecified atom stereocenters. The largest absolute Gasteiger partial charge is 0.491 e. The highest BCUT2D eigenvalue weighted by Crippen LogP contribution is 2.41. The fourth-order valence-corrected chi connectivity index (χ4v) is 5.24. The maximum Gasteiger partial charge on any atom is 0.303 e. The van der Waals surface area contributed by atoms with Crippen LogP contribution in [0.4, 0.5) is 0 Å². The fraction of sp³-hybridized carbons (Fsp3) is 0.531. The highest BCUT2D eigenvalue weighted by molar-refractivity contribution is 5.68. The Bertz CT molecular complexity index is 1080. The van der Waals surface area contributed by atoms with Gasteiger partial charge in [0.15, 0.2) is 0 Å². The Labute approximate surface area is 223 Å². The lowest BCUT2D eigenvalue weighted by atomic mass is 9.69. The molecule has 0 amide bonds. The molecule has 0 bridgehead atoms. The molecule has 0 aliphatic heterocycles. The van der Waals surface area contributed by atoms with E-state index in [0.29, 0.717) is 18.6 Å². The van der Waals surface area contributed by atoms with Crippen molar-refractivity contribution in [3.05, 3.63) is 70.3 Å². The Kier molecular flexibility index (Phi) is 11.0. The molecule has 5 nitrogen and oxygen atoms in total. The summed E-state index contributed by atoms with van der Waals surface area (Å²) in [6, 6.07) is 12.9. The zero-order valence-electron chi connectivity index (χ0n) is 23.7. The first-order chi connectivity index (χ1) is 17.4. The third-order valence-corrected chi connectivity index (χ3v) is 7.97. The van der Waals surface area contributed by atoms with Gasteiger partial charge in [-0.15, -0.1) is 0 Å². The lowest BCUT2D eigenvalue weighted by Gasteiger charge is -2.34. The van der Waals surface area contributed by atoms with Crippen molar-refractivity contribution in [1.82, 2.24) is 0 Å². The highest BCUT2D eigenvalue weighted by Gasteiger charge is 2.31. The van der Waals surface area contributed by atoms with E-state index in [9.17, 15) is 15.0 Å². The molecule has 204 valence electrons. The number of rotatable bonds is 14. The topological polar surface area (TPSA) is 87.0 Å². The molecule has 0 saturated heterocycles. The molecule has 2 aromatic carbocycles. The number of aliphatic carboxylic acids is 1. The number of carbonyl (C=O) groups is 1. The van der Waals surface area contributed by atoms with Crippen LogP contribution in [0.5, 0.6) is 5.75 Å². The fourth-order valence-electron chi connectivity index (χ4n) is 5.24. The molecular formula is C32H46O5. The third-order valence-electron chi connectivity index (χ3n) is 7.97. The van der Waals surface area contributed by atoms with Gasteiger partial charge >= 0.3 is 5.97 Å². The van der Waals surface area contributed by atoms with Crippen molar-refractivity contribution in [2.24, 2.45) is 0 Å². The number of ether oxygens (including phenoxy) is 1. The van der Waals surface area contributed by atoms with E-state index >= 15 is 0 Å². The zero-order valence-corrected chi connectivity index (χ0v) is 23.7. The van der Waals surface area contributed by atoms with Crippen LogP contribution in [0.15, 0.2) is 42.5 Å². The first kappa shape index (κ1) is 30.6. The van der Waals surface area contributed by atoms with Crippen LogP contribution in [0, 0.1) is 13.8 Å². The second kappa shape index (κ2) is 13.3. The zero-order chi connectivity index (χ0) is 27.8. The number of carboxylic acids is 1. The summed E-state index contributed by atoms with van der Waals surface area (Å²) in [5, 5.41) is 29.6. The van der Waals surface area contributed by atoms with Crippen LogP contribution in [0.3, 0.4) is 0 Å². The number of benzene rings is 2. The van der Waals surface area contributed by atoms with Gasteiger partial charge in [0.25, 0.3) is 0 Å². The average Bonchev–Trinajstić information content (AvgIpc) is 2.87. The number of aliphatic hydroxyl groups is 2. The SMILES string of the molecule is CCC(O)(/C=C(/C)c1ccc(C(CC)(CC)c2ccc(OC[C@@H](O)CCC(=O)O)c(C)c2)cc1C)CC. The molecule has 0 heterocycles. The van der Waals surface area contributed by atoms with E-state index in [2.05, 4.69) is 58.0 Å². The predicted molar refractivity (Wildman–Crippen MR) is 151 cm³/mol. The van der Waals surface area contributed by atoms with E-state index in [1.165, 1.54) is 16.7 Å². The van der Waals surface area contributed by atoms with Gasteiger partial charge in [0.05, 0.1) is 11.7 Å². The van der Waals surface area contributed by atoms with Crippen molar-refractivity contribution >= 4 is 11.5 Å². The summed E-state index contributed by atoms with van der Waals surface area (Å²) in [6.07, 6.45) is 4.53. The molecule has 0 aromatic heterocycles. The van der Waals surface area contributed by atoms with Gasteiger partial charge in [0.1, 0.15) is 12.4 Å². The molecule has 1 atom stereocenters. The van der Waals surface area contributed by atoms with Crippen LogP contribution in [-0.2, 0) is 10.2 Å². The van der Waals surface area contributed by atoms with E-state index in [1.54, 1.807) is 0 Å². The summed E-state index contributed by atoms with van der Waals surface area (Å²) < 4.78 is 5.82. The van der Waals surface area contributed by atoms with Crippen LogP contribution in [0.25, 0.3) is 5.57 Å². The molecule has 37 heavy (non-hydrogen) atoms. The minimum absolute atomic E-state index is 0.0683. The minimum Gasteiger partial charge on any atom is -0.491 e. The van der Waals surface area contributed by atoms with Crippen LogP contribution in [-0.4, -0.2) is 39.6 Å². The van der Waals surface area contributed by atoms with Crippen molar-refractivity contribution in [1.29, 1.82) is 0 Å². The molecule has 2 rings (SSSR count). The van der Waals surface area contributed by atoms with Crippen molar-refractivity contribution < 1.29 is 24.9 Å². The molecule has 0 aliphatic carbocycles. The Morgan fingerprint density at radius 1 is 0.946 bits per heavy atom. The molecule has 0 saturated carbocycles. The van der Waals surface area contributed by atoms with Gasteiger partial charge in [-0.2, -0.15) is 0 Å². The smallest absolute Gasteiger partial charge is 0.303 e. The Morgan fingerprint density at radius 3 is 2.00 bits per heavy atom. The number of aliphatic hydroxyl groups excluding tert-OH is 1. The van der Waals surface area contributed by atoms with Gasteiger partial charge in [-0.25, -0.2) is 0 Å². The van der Waals surface area contributed by atoms with Gasteiger partial charge < -0.3 is 20.1 Å². The first-order valence-electron chi connectivity index (χ1n) is 13.6. The van der Waals surface area contributed by atoms with Crippen molar-refractivity contribution in [2.75, 3.05) is 6.61 Å². The standard InChI is InChI=1S/C32H46O5/c1-8-31(36,9-2)20-24(7)28-15-12-25(18-22(28)5)32(10-3,11-4)26-13-16-29(23(6)19-26)37-21-27(33)14-17-30(34)35/h12-13,15-16,18-20,27,33,36H,8-11,14,17,21H2,1-7H3,(H,34,35)/b24-20-/t27-/m0/s1. The monoisotopic (exact) mass is 510 g/mol. The Morgan fingerprint density at radius 2 is 1.51 bits per heavy atom. The molecule has 5 heteroatoms. The molecule has 2 aromatic rings. The van der Waals surface area contributed by atoms with E-state index in [4.69, 9.17) is 9.84 Å². The van der Waals surface area contributed by atoms with Gasteiger partial charge in [-0.3, -0.25) is 4.79 Å². The quantitative estimate of drug-likeness (QED) is 0.255. The number of allylic oxidation sites excluding steroid dienone is 1. The second-order valence-electron chi connectivity index (χ2n) is 10.3. The Balaban J connectivity index is 2.35. The molecule has 0 aliphatic rings. The summed E-state index contributed by atoms with van der Waals surface area (Å²) >= 11 is 0. The summed E-state index contributed by atoms with van der Waals surface area (Å²) in [7, 11) is 0. The lowest BCUT2D eigenvalue weighted by Crippen LogP contribution is -2.26. The number of carboxylic acid groups (broad SMARTS) is 1. The third kappa shape index (κ3) is 7.45. The van der Waals surface area contributed by atoms with E-state index in [0.717, 1.165) is 29.5 Å². The summed E-state index contributed by atoms with van der Waals surface area (Å²) in [5.74, 6) is -0.223. The maximum atomic E-state index is 10.8. The van der Waals surface area contributed by atoms with E-state index in [-0.39, 0.29) is 24.9 Å².